The van der Waals surface area contributed by atoms with Crippen LogP contribution in [-0.2, 0) is 0 Å². The molecule has 0 saturated heterocycles. The zero-order valence-electron chi connectivity index (χ0n) is 7.88. The monoisotopic (exact) mass is 259 g/mol. The van der Waals surface area contributed by atoms with Crippen LogP contribution in [0.25, 0.3) is 0 Å². The molecule has 1 fully saturated rings. The number of thiophene rings is 1. The van der Waals surface area contributed by atoms with E-state index in [0.29, 0.717) is 6.04 Å². The van der Waals surface area contributed by atoms with Gasteiger partial charge in [-0.2, -0.15) is 0 Å². The van der Waals surface area contributed by atoms with Crippen LogP contribution in [0.15, 0.2) is 15.9 Å². The van der Waals surface area contributed by atoms with Gasteiger partial charge < -0.3 is 5.32 Å². The molecule has 0 spiro atoms. The molecule has 2 rings (SSSR count). The molecule has 0 radical (unpaired) electrons. The van der Waals surface area contributed by atoms with Gasteiger partial charge in [-0.25, -0.2) is 0 Å². The number of nitrogens with one attached hydrogen (secondary N) is 1. The summed E-state index contributed by atoms with van der Waals surface area (Å²) < 4.78 is 1.22. The van der Waals surface area contributed by atoms with E-state index in [9.17, 15) is 0 Å². The van der Waals surface area contributed by atoms with E-state index in [2.05, 4.69) is 47.2 Å². The van der Waals surface area contributed by atoms with Crippen molar-refractivity contribution in [2.24, 2.45) is 5.92 Å². The van der Waals surface area contributed by atoms with E-state index in [0.717, 1.165) is 12.0 Å². The highest BCUT2D eigenvalue weighted by atomic mass is 79.9. The molecule has 0 aliphatic heterocycles. The summed E-state index contributed by atoms with van der Waals surface area (Å²) >= 11 is 5.31. The summed E-state index contributed by atoms with van der Waals surface area (Å²) in [5, 5.41) is 3.62. The van der Waals surface area contributed by atoms with Crippen LogP contribution in [0.2, 0.25) is 0 Å². The van der Waals surface area contributed by atoms with Gasteiger partial charge in [-0.3, -0.25) is 0 Å². The van der Waals surface area contributed by atoms with Gasteiger partial charge in [0.25, 0.3) is 0 Å². The minimum Gasteiger partial charge on any atom is -0.306 e. The fourth-order valence-corrected chi connectivity index (χ4v) is 2.95. The van der Waals surface area contributed by atoms with Crippen molar-refractivity contribution < 1.29 is 0 Å². The molecule has 0 amide bonds. The Balaban J connectivity index is 1.93. The predicted molar refractivity (Wildman–Crippen MR) is 61.1 cm³/mol. The first-order valence-corrected chi connectivity index (χ1v) is 6.29. The van der Waals surface area contributed by atoms with Crippen LogP contribution in [0, 0.1) is 5.92 Å². The van der Waals surface area contributed by atoms with Gasteiger partial charge in [0.2, 0.25) is 0 Å². The van der Waals surface area contributed by atoms with E-state index < -0.39 is 0 Å². The van der Waals surface area contributed by atoms with Gasteiger partial charge in [-0.15, -0.1) is 11.3 Å². The maximum Gasteiger partial charge on any atom is 0.0701 e. The minimum absolute atomic E-state index is 0.506. The largest absolute Gasteiger partial charge is 0.306 e. The summed E-state index contributed by atoms with van der Waals surface area (Å²) in [5.74, 6) is 0.880. The number of hydrogen-bond acceptors (Lipinski definition) is 2. The van der Waals surface area contributed by atoms with Crippen molar-refractivity contribution in [2.75, 3.05) is 0 Å². The average molecular weight is 260 g/mol. The molecule has 3 atom stereocenters. The lowest BCUT2D eigenvalue weighted by Gasteiger charge is -2.10. The highest BCUT2D eigenvalue weighted by Crippen LogP contribution is 2.33. The smallest absolute Gasteiger partial charge is 0.0701 e. The van der Waals surface area contributed by atoms with Crippen LogP contribution in [0.5, 0.6) is 0 Å². The minimum atomic E-state index is 0.506. The Morgan fingerprint density at radius 1 is 1.62 bits per heavy atom. The second kappa shape index (κ2) is 3.71. The van der Waals surface area contributed by atoms with Crippen molar-refractivity contribution in [3.63, 3.8) is 0 Å². The fraction of sp³-hybridized carbons (Fsp3) is 0.600. The van der Waals surface area contributed by atoms with Crippen LogP contribution in [-0.4, -0.2) is 6.04 Å². The molecule has 0 bridgehead atoms. The Labute approximate surface area is 91.7 Å². The molecule has 3 unspecified atom stereocenters. The Hall–Kier alpha value is 0.140. The van der Waals surface area contributed by atoms with Crippen LogP contribution in [0.3, 0.4) is 0 Å². The van der Waals surface area contributed by atoms with Crippen molar-refractivity contribution in [3.8, 4) is 0 Å². The van der Waals surface area contributed by atoms with Gasteiger partial charge in [-0.05, 0) is 47.3 Å². The van der Waals surface area contributed by atoms with Crippen LogP contribution in [0.1, 0.15) is 31.2 Å². The summed E-state index contributed by atoms with van der Waals surface area (Å²) in [6.07, 6.45) is 1.34. The van der Waals surface area contributed by atoms with Gasteiger partial charge in [0.1, 0.15) is 0 Å². The predicted octanol–water partition coefficient (Wildman–Crippen LogP) is 3.57. The van der Waals surface area contributed by atoms with E-state index in [1.807, 2.05) is 11.3 Å². The van der Waals surface area contributed by atoms with Gasteiger partial charge in [-0.1, -0.05) is 6.92 Å². The molecule has 0 aromatic carbocycles. The lowest BCUT2D eigenvalue weighted by molar-refractivity contribution is 0.559. The lowest BCUT2D eigenvalue weighted by atomic mass is 10.2. The standard InChI is InChI=1S/C10H14BrNS/c1-6-5-8(6)12-7(2)9-3-4-10(11)13-9/h3-4,6-8,12H,5H2,1-2H3. The quantitative estimate of drug-likeness (QED) is 0.876. The van der Waals surface area contributed by atoms with Crippen LogP contribution in [0.4, 0.5) is 0 Å². The summed E-state index contributed by atoms with van der Waals surface area (Å²) in [4.78, 5) is 1.42. The molecule has 1 saturated carbocycles. The Morgan fingerprint density at radius 2 is 2.31 bits per heavy atom. The van der Waals surface area contributed by atoms with Crippen molar-refractivity contribution in [3.05, 3.63) is 20.8 Å². The molecule has 1 aliphatic carbocycles. The first-order chi connectivity index (χ1) is 6.16. The first kappa shape index (κ1) is 9.69. The zero-order chi connectivity index (χ0) is 9.42. The molecular formula is C10H14BrNS. The molecule has 1 aromatic heterocycles. The first-order valence-electron chi connectivity index (χ1n) is 4.68. The van der Waals surface area contributed by atoms with E-state index >= 15 is 0 Å². The van der Waals surface area contributed by atoms with Crippen molar-refractivity contribution in [1.29, 1.82) is 0 Å². The Kier molecular flexibility index (Phi) is 2.77. The van der Waals surface area contributed by atoms with Crippen molar-refractivity contribution >= 4 is 27.3 Å². The number of rotatable bonds is 3. The van der Waals surface area contributed by atoms with Gasteiger partial charge in [0.15, 0.2) is 0 Å². The van der Waals surface area contributed by atoms with Crippen LogP contribution >= 0.6 is 27.3 Å². The molecule has 1 heterocycles. The third-order valence-corrected chi connectivity index (χ3v) is 4.40. The Bertz CT molecular complexity index is 297. The molecule has 1 nitrogen and oxygen atoms in total. The number of halogens is 1. The molecule has 3 heteroatoms. The second-order valence-electron chi connectivity index (χ2n) is 3.85. The summed E-state index contributed by atoms with van der Waals surface area (Å²) in [6, 6.07) is 5.58. The molecule has 1 aromatic rings. The summed E-state index contributed by atoms with van der Waals surface area (Å²) in [6.45, 7) is 4.54. The number of hydrogen-bond donors (Lipinski definition) is 1. The van der Waals surface area contributed by atoms with E-state index in [1.54, 1.807) is 0 Å². The second-order valence-corrected chi connectivity index (χ2v) is 6.34. The highest BCUT2D eigenvalue weighted by Gasteiger charge is 2.33. The topological polar surface area (TPSA) is 12.0 Å². The summed E-state index contributed by atoms with van der Waals surface area (Å²) in [5.41, 5.74) is 0. The third-order valence-electron chi connectivity index (χ3n) is 2.59. The summed E-state index contributed by atoms with van der Waals surface area (Å²) in [7, 11) is 0. The maximum atomic E-state index is 3.62. The van der Waals surface area contributed by atoms with E-state index in [4.69, 9.17) is 0 Å². The molecule has 72 valence electrons. The third kappa shape index (κ3) is 2.33. The average Bonchev–Trinajstić information content (AvgIpc) is 2.62. The van der Waals surface area contributed by atoms with Gasteiger partial charge in [0, 0.05) is 17.0 Å². The van der Waals surface area contributed by atoms with Crippen LogP contribution < -0.4 is 5.32 Å². The molecule has 1 N–H and O–H groups in total. The van der Waals surface area contributed by atoms with Crippen molar-refractivity contribution in [1.82, 2.24) is 5.32 Å². The Morgan fingerprint density at radius 3 is 2.77 bits per heavy atom. The molecule has 1 aliphatic rings. The molecule has 13 heavy (non-hydrogen) atoms. The highest BCUT2D eigenvalue weighted by molar-refractivity contribution is 9.11. The molecular weight excluding hydrogens is 246 g/mol. The van der Waals surface area contributed by atoms with E-state index in [1.165, 1.54) is 15.1 Å². The van der Waals surface area contributed by atoms with Gasteiger partial charge >= 0.3 is 0 Å². The van der Waals surface area contributed by atoms with E-state index in [-0.39, 0.29) is 0 Å². The van der Waals surface area contributed by atoms with Crippen molar-refractivity contribution in [2.45, 2.75) is 32.4 Å². The normalized spacial score (nSPS) is 28.8. The van der Waals surface area contributed by atoms with Gasteiger partial charge in [0.05, 0.1) is 3.79 Å². The fourth-order valence-electron chi connectivity index (χ4n) is 1.52. The SMILES string of the molecule is CC(NC1CC1C)c1ccc(Br)s1. The lowest BCUT2D eigenvalue weighted by Crippen LogP contribution is -2.21. The zero-order valence-corrected chi connectivity index (χ0v) is 10.3. The maximum absolute atomic E-state index is 3.62.